The Balaban J connectivity index is 0.000000980. The molecule has 76 valence electrons. The highest BCUT2D eigenvalue weighted by atomic mass is 35.5. The van der Waals surface area contributed by atoms with E-state index in [-0.39, 0.29) is 18.4 Å². The molecule has 0 spiro atoms. The lowest BCUT2D eigenvalue weighted by Gasteiger charge is -2.04. The first-order valence-electron chi connectivity index (χ1n) is 3.81. The second kappa shape index (κ2) is 4.84. The smallest absolute Gasteiger partial charge is 0.193 e. The van der Waals surface area contributed by atoms with Crippen LogP contribution in [0.25, 0.3) is 0 Å². The van der Waals surface area contributed by atoms with E-state index in [4.69, 9.17) is 21.8 Å². The van der Waals surface area contributed by atoms with Crippen molar-refractivity contribution in [3.63, 3.8) is 0 Å². The van der Waals surface area contributed by atoms with Gasteiger partial charge in [-0.15, -0.1) is 23.7 Å². The van der Waals surface area contributed by atoms with Crippen molar-refractivity contribution in [2.75, 3.05) is 0 Å². The first-order valence-corrected chi connectivity index (χ1v) is 5.07. The molecule has 0 amide bonds. The summed E-state index contributed by atoms with van der Waals surface area (Å²) in [5, 5.41) is 2.36. The van der Waals surface area contributed by atoms with Crippen LogP contribution in [0.2, 0.25) is 5.22 Å². The second-order valence-electron chi connectivity index (χ2n) is 2.63. The Hall–Kier alpha value is -0.480. The van der Waals surface area contributed by atoms with Gasteiger partial charge in [0.05, 0.1) is 6.04 Å². The first-order chi connectivity index (χ1) is 6.27. The van der Waals surface area contributed by atoms with Crippen molar-refractivity contribution >= 4 is 35.3 Å². The molecular formula is C9H9Cl2NOS. The summed E-state index contributed by atoms with van der Waals surface area (Å²) in [4.78, 5) is 1.08. The van der Waals surface area contributed by atoms with Crippen molar-refractivity contribution in [1.82, 2.24) is 0 Å². The van der Waals surface area contributed by atoms with Crippen LogP contribution in [0.1, 0.15) is 16.7 Å². The molecule has 0 bridgehead atoms. The number of halogens is 2. The molecule has 0 aromatic carbocycles. The number of nitrogens with two attached hydrogens (primary N) is 1. The number of thiophene rings is 1. The monoisotopic (exact) mass is 249 g/mol. The van der Waals surface area contributed by atoms with Crippen LogP contribution in [0.3, 0.4) is 0 Å². The van der Waals surface area contributed by atoms with Crippen molar-refractivity contribution in [3.05, 3.63) is 45.5 Å². The van der Waals surface area contributed by atoms with Gasteiger partial charge >= 0.3 is 0 Å². The molecule has 0 aliphatic carbocycles. The van der Waals surface area contributed by atoms with Crippen molar-refractivity contribution in [2.45, 2.75) is 6.04 Å². The average molecular weight is 250 g/mol. The van der Waals surface area contributed by atoms with Gasteiger partial charge in [0, 0.05) is 4.88 Å². The number of furan rings is 1. The highest BCUT2D eigenvalue weighted by Gasteiger charge is 2.13. The van der Waals surface area contributed by atoms with Gasteiger partial charge in [-0.25, -0.2) is 0 Å². The quantitative estimate of drug-likeness (QED) is 0.886. The van der Waals surface area contributed by atoms with Gasteiger partial charge in [0.2, 0.25) is 0 Å². The first kappa shape index (κ1) is 11.6. The van der Waals surface area contributed by atoms with Crippen molar-refractivity contribution in [1.29, 1.82) is 0 Å². The van der Waals surface area contributed by atoms with Crippen LogP contribution >= 0.6 is 35.3 Å². The zero-order valence-electron chi connectivity index (χ0n) is 7.14. The van der Waals surface area contributed by atoms with E-state index in [2.05, 4.69) is 0 Å². The van der Waals surface area contributed by atoms with Gasteiger partial charge in [-0.2, -0.15) is 0 Å². The van der Waals surface area contributed by atoms with Crippen LogP contribution in [-0.4, -0.2) is 0 Å². The molecule has 5 heteroatoms. The van der Waals surface area contributed by atoms with Crippen LogP contribution in [-0.2, 0) is 0 Å². The standard InChI is InChI=1S/C9H8ClNOS.ClH/c10-8-4-3-6(12-8)9(11)7-2-1-5-13-7;/h1-5,9H,11H2;1H/t9-;/m1./s1. The summed E-state index contributed by atoms with van der Waals surface area (Å²) in [5.41, 5.74) is 5.93. The molecule has 0 aliphatic heterocycles. The predicted molar refractivity (Wildman–Crippen MR) is 61.3 cm³/mol. The van der Waals surface area contributed by atoms with E-state index in [1.165, 1.54) is 0 Å². The fourth-order valence-corrected chi connectivity index (χ4v) is 1.99. The molecule has 2 aromatic rings. The molecule has 2 nitrogen and oxygen atoms in total. The van der Waals surface area contributed by atoms with Crippen LogP contribution < -0.4 is 5.73 Å². The molecule has 2 N–H and O–H groups in total. The third kappa shape index (κ3) is 2.30. The van der Waals surface area contributed by atoms with Gasteiger partial charge in [0.15, 0.2) is 5.22 Å². The third-order valence-electron chi connectivity index (χ3n) is 1.75. The largest absolute Gasteiger partial charge is 0.448 e. The number of rotatable bonds is 2. The molecule has 0 radical (unpaired) electrons. The minimum Gasteiger partial charge on any atom is -0.448 e. The zero-order valence-corrected chi connectivity index (χ0v) is 9.53. The highest BCUT2D eigenvalue weighted by Crippen LogP contribution is 2.26. The predicted octanol–water partition coefficient (Wildman–Crippen LogP) is 3.46. The summed E-state index contributed by atoms with van der Waals surface area (Å²) in [6, 6.07) is 7.24. The zero-order chi connectivity index (χ0) is 9.26. The summed E-state index contributed by atoms with van der Waals surface area (Å²) in [6.07, 6.45) is 0. The maximum absolute atomic E-state index is 5.93. The van der Waals surface area contributed by atoms with E-state index < -0.39 is 0 Å². The Morgan fingerprint density at radius 1 is 1.36 bits per heavy atom. The average Bonchev–Trinajstić information content (AvgIpc) is 2.72. The van der Waals surface area contributed by atoms with E-state index in [1.807, 2.05) is 17.5 Å². The van der Waals surface area contributed by atoms with E-state index >= 15 is 0 Å². The van der Waals surface area contributed by atoms with Crippen molar-refractivity contribution in [3.8, 4) is 0 Å². The molecule has 0 saturated heterocycles. The third-order valence-corrected chi connectivity index (χ3v) is 2.91. The molecule has 0 unspecified atom stereocenters. The maximum atomic E-state index is 5.93. The lowest BCUT2D eigenvalue weighted by atomic mass is 10.2. The summed E-state index contributed by atoms with van der Waals surface area (Å²) < 4.78 is 5.22. The Bertz CT molecular complexity index is 385. The van der Waals surface area contributed by atoms with Gasteiger partial charge < -0.3 is 10.2 Å². The Kier molecular flexibility index (Phi) is 4.01. The molecule has 2 rings (SSSR count). The van der Waals surface area contributed by atoms with Gasteiger partial charge in [0.25, 0.3) is 0 Å². The van der Waals surface area contributed by atoms with Crippen LogP contribution in [0.15, 0.2) is 34.1 Å². The van der Waals surface area contributed by atoms with Crippen LogP contribution in [0.5, 0.6) is 0 Å². The topological polar surface area (TPSA) is 39.2 Å². The van der Waals surface area contributed by atoms with E-state index in [9.17, 15) is 0 Å². The van der Waals surface area contributed by atoms with Crippen molar-refractivity contribution in [2.24, 2.45) is 5.73 Å². The minimum atomic E-state index is -0.201. The van der Waals surface area contributed by atoms with Crippen LogP contribution in [0.4, 0.5) is 0 Å². The Labute approximate surface area is 97.1 Å². The normalized spacial score (nSPS) is 12.1. The number of hydrogen-bond donors (Lipinski definition) is 1. The summed E-state index contributed by atoms with van der Waals surface area (Å²) in [6.45, 7) is 0. The maximum Gasteiger partial charge on any atom is 0.193 e. The molecule has 0 aliphatic rings. The molecule has 1 atom stereocenters. The summed E-state index contributed by atoms with van der Waals surface area (Å²) in [7, 11) is 0. The number of hydrogen-bond acceptors (Lipinski definition) is 3. The van der Waals surface area contributed by atoms with Crippen LogP contribution in [0, 0.1) is 0 Å². The molecule has 0 saturated carbocycles. The van der Waals surface area contributed by atoms with E-state index in [0.29, 0.717) is 11.0 Å². The molecule has 2 heterocycles. The lowest BCUT2D eigenvalue weighted by molar-refractivity contribution is 0.493. The van der Waals surface area contributed by atoms with Gasteiger partial charge in [-0.1, -0.05) is 6.07 Å². The lowest BCUT2D eigenvalue weighted by Crippen LogP contribution is -2.08. The molecule has 0 fully saturated rings. The SMILES string of the molecule is Cl.N[C@H](c1ccc(Cl)o1)c1cccs1. The second-order valence-corrected chi connectivity index (χ2v) is 3.99. The molecular weight excluding hydrogens is 241 g/mol. The Morgan fingerprint density at radius 2 is 2.14 bits per heavy atom. The summed E-state index contributed by atoms with van der Waals surface area (Å²) >= 11 is 7.25. The molecule has 14 heavy (non-hydrogen) atoms. The molecule has 2 aromatic heterocycles. The fourth-order valence-electron chi connectivity index (χ4n) is 1.10. The highest BCUT2D eigenvalue weighted by molar-refractivity contribution is 7.10. The minimum absolute atomic E-state index is 0. The fraction of sp³-hybridized carbons (Fsp3) is 0.111. The summed E-state index contributed by atoms with van der Waals surface area (Å²) in [5.74, 6) is 0.701. The Morgan fingerprint density at radius 3 is 2.64 bits per heavy atom. The van der Waals surface area contributed by atoms with Gasteiger partial charge in [-0.3, -0.25) is 0 Å². The van der Waals surface area contributed by atoms with E-state index in [0.717, 1.165) is 4.88 Å². The van der Waals surface area contributed by atoms with Gasteiger partial charge in [-0.05, 0) is 35.2 Å². The van der Waals surface area contributed by atoms with Crippen molar-refractivity contribution < 1.29 is 4.42 Å². The van der Waals surface area contributed by atoms with E-state index in [1.54, 1.807) is 23.5 Å². The van der Waals surface area contributed by atoms with Gasteiger partial charge in [0.1, 0.15) is 5.76 Å².